The summed E-state index contributed by atoms with van der Waals surface area (Å²) >= 11 is 0. The zero-order valence-corrected chi connectivity index (χ0v) is 8.79. The monoisotopic (exact) mass is 197 g/mol. The van der Waals surface area contributed by atoms with Crippen LogP contribution < -0.4 is 5.32 Å². The van der Waals surface area contributed by atoms with Gasteiger partial charge in [0.1, 0.15) is 5.78 Å². The molecule has 80 valence electrons. The Balaban J connectivity index is 1.95. The van der Waals surface area contributed by atoms with Gasteiger partial charge in [0.05, 0.1) is 19.1 Å². The van der Waals surface area contributed by atoms with Crippen LogP contribution >= 0.6 is 0 Å². The lowest BCUT2D eigenvalue weighted by molar-refractivity contribution is -0.127. The van der Waals surface area contributed by atoms with Crippen molar-refractivity contribution in [1.82, 2.24) is 5.32 Å². The number of carbonyl (C=O) groups excluding carboxylic acids is 1. The summed E-state index contributed by atoms with van der Waals surface area (Å²) in [6, 6.07) is 0.253. The van der Waals surface area contributed by atoms with Gasteiger partial charge in [-0.15, -0.1) is 0 Å². The van der Waals surface area contributed by atoms with Gasteiger partial charge in [0.15, 0.2) is 0 Å². The highest BCUT2D eigenvalue weighted by Crippen LogP contribution is 2.30. The Bertz CT molecular complexity index is 211. The van der Waals surface area contributed by atoms with Crippen LogP contribution in [0.3, 0.4) is 0 Å². The van der Waals surface area contributed by atoms with Crippen molar-refractivity contribution >= 4 is 5.78 Å². The third kappa shape index (κ3) is 1.84. The molecular formula is C11H19NO2. The molecule has 0 aromatic rings. The number of hydrogen-bond acceptors (Lipinski definition) is 3. The van der Waals surface area contributed by atoms with Gasteiger partial charge in [-0.05, 0) is 19.9 Å². The third-order valence-corrected chi connectivity index (χ3v) is 3.57. The Kier molecular flexibility index (Phi) is 3.19. The van der Waals surface area contributed by atoms with Crippen molar-refractivity contribution in [3.8, 4) is 0 Å². The van der Waals surface area contributed by atoms with Crippen LogP contribution in [-0.2, 0) is 9.53 Å². The molecule has 2 unspecified atom stereocenters. The molecule has 2 fully saturated rings. The van der Waals surface area contributed by atoms with Crippen LogP contribution in [0.4, 0.5) is 0 Å². The Morgan fingerprint density at radius 1 is 1.29 bits per heavy atom. The lowest BCUT2D eigenvalue weighted by Gasteiger charge is -2.18. The second kappa shape index (κ2) is 4.41. The molecule has 3 nitrogen and oxygen atoms in total. The van der Waals surface area contributed by atoms with E-state index in [2.05, 4.69) is 5.32 Å². The molecule has 1 saturated heterocycles. The summed E-state index contributed by atoms with van der Waals surface area (Å²) in [5.41, 5.74) is 0. The van der Waals surface area contributed by atoms with Crippen LogP contribution in [0, 0.1) is 11.8 Å². The van der Waals surface area contributed by atoms with Crippen molar-refractivity contribution in [3.63, 3.8) is 0 Å². The van der Waals surface area contributed by atoms with Crippen molar-refractivity contribution in [3.05, 3.63) is 0 Å². The molecule has 1 N–H and O–H groups in total. The first-order valence-corrected chi connectivity index (χ1v) is 5.61. The summed E-state index contributed by atoms with van der Waals surface area (Å²) in [7, 11) is 1.91. The molecule has 0 spiro atoms. The number of likely N-dealkylation sites (N-methyl/N-ethyl adjacent to an activating group) is 1. The first-order valence-electron chi connectivity index (χ1n) is 5.61. The molecule has 2 aliphatic rings. The highest BCUT2D eigenvalue weighted by molar-refractivity contribution is 5.84. The van der Waals surface area contributed by atoms with Crippen molar-refractivity contribution in [2.75, 3.05) is 20.3 Å². The Morgan fingerprint density at radius 3 is 2.64 bits per heavy atom. The van der Waals surface area contributed by atoms with E-state index in [1.54, 1.807) is 0 Å². The van der Waals surface area contributed by atoms with Crippen molar-refractivity contribution in [2.45, 2.75) is 31.7 Å². The first-order chi connectivity index (χ1) is 6.83. The normalized spacial score (nSPS) is 33.8. The van der Waals surface area contributed by atoms with Gasteiger partial charge in [-0.1, -0.05) is 12.8 Å². The smallest absolute Gasteiger partial charge is 0.142 e. The number of ketones is 1. The highest BCUT2D eigenvalue weighted by Gasteiger charge is 2.37. The number of hydrogen-bond donors (Lipinski definition) is 1. The van der Waals surface area contributed by atoms with Crippen LogP contribution in [-0.4, -0.2) is 32.1 Å². The number of Topliss-reactive ketones (excluding diaryl/α,β-unsaturated/α-hetero) is 1. The van der Waals surface area contributed by atoms with E-state index in [9.17, 15) is 4.79 Å². The minimum absolute atomic E-state index is 0.114. The molecule has 0 aromatic carbocycles. The average Bonchev–Trinajstić information content (AvgIpc) is 2.87. The quantitative estimate of drug-likeness (QED) is 0.733. The highest BCUT2D eigenvalue weighted by atomic mass is 16.5. The maximum Gasteiger partial charge on any atom is 0.142 e. The topological polar surface area (TPSA) is 38.3 Å². The van der Waals surface area contributed by atoms with Gasteiger partial charge in [0, 0.05) is 12.0 Å². The molecule has 14 heavy (non-hydrogen) atoms. The van der Waals surface area contributed by atoms with E-state index in [0.29, 0.717) is 24.9 Å². The zero-order valence-electron chi connectivity index (χ0n) is 8.79. The van der Waals surface area contributed by atoms with E-state index in [0.717, 1.165) is 12.8 Å². The van der Waals surface area contributed by atoms with Gasteiger partial charge in [0.25, 0.3) is 0 Å². The van der Waals surface area contributed by atoms with Crippen molar-refractivity contribution in [1.29, 1.82) is 0 Å². The predicted octanol–water partition coefficient (Wildman–Crippen LogP) is 0.980. The number of nitrogens with one attached hydrogen (secondary N) is 1. The molecule has 0 aromatic heterocycles. The molecule has 1 aliphatic heterocycles. The van der Waals surface area contributed by atoms with E-state index >= 15 is 0 Å². The summed E-state index contributed by atoms with van der Waals surface area (Å²) < 4.78 is 5.36. The van der Waals surface area contributed by atoms with Gasteiger partial charge in [-0.3, -0.25) is 4.79 Å². The molecule has 0 amide bonds. The van der Waals surface area contributed by atoms with Crippen LogP contribution in [0.5, 0.6) is 0 Å². The molecule has 1 heterocycles. The lowest BCUT2D eigenvalue weighted by Crippen LogP contribution is -2.39. The molecule has 2 rings (SSSR count). The number of carbonyl (C=O) groups is 1. The number of ether oxygens (including phenoxy) is 1. The second-order valence-corrected chi connectivity index (χ2v) is 4.42. The van der Waals surface area contributed by atoms with Gasteiger partial charge in [-0.2, -0.15) is 0 Å². The molecule has 0 radical (unpaired) electrons. The molecule has 3 heteroatoms. The van der Waals surface area contributed by atoms with Crippen molar-refractivity contribution in [2.24, 2.45) is 11.8 Å². The van der Waals surface area contributed by atoms with E-state index in [4.69, 9.17) is 4.74 Å². The zero-order chi connectivity index (χ0) is 9.97. The Hall–Kier alpha value is -0.410. The van der Waals surface area contributed by atoms with Crippen LogP contribution in [0.15, 0.2) is 0 Å². The summed E-state index contributed by atoms with van der Waals surface area (Å²) in [5, 5.41) is 3.17. The van der Waals surface area contributed by atoms with Crippen LogP contribution in [0.1, 0.15) is 25.7 Å². The Labute approximate surface area is 85.2 Å². The van der Waals surface area contributed by atoms with Gasteiger partial charge in [0.2, 0.25) is 0 Å². The molecule has 0 bridgehead atoms. The van der Waals surface area contributed by atoms with E-state index in [-0.39, 0.29) is 12.0 Å². The second-order valence-electron chi connectivity index (χ2n) is 4.42. The Morgan fingerprint density at radius 2 is 2.00 bits per heavy atom. The minimum Gasteiger partial charge on any atom is -0.379 e. The molecular weight excluding hydrogens is 178 g/mol. The maximum absolute atomic E-state index is 12.1. The fourth-order valence-electron chi connectivity index (χ4n) is 2.63. The summed E-state index contributed by atoms with van der Waals surface area (Å²) in [5.74, 6) is 0.889. The van der Waals surface area contributed by atoms with Crippen molar-refractivity contribution < 1.29 is 9.53 Å². The number of rotatable bonds is 3. The third-order valence-electron chi connectivity index (χ3n) is 3.57. The van der Waals surface area contributed by atoms with E-state index in [1.807, 2.05) is 7.05 Å². The summed E-state index contributed by atoms with van der Waals surface area (Å²) in [6.07, 6.45) is 4.67. The largest absolute Gasteiger partial charge is 0.379 e. The summed E-state index contributed by atoms with van der Waals surface area (Å²) in [6.45, 7) is 1.32. The molecule has 1 aliphatic carbocycles. The average molecular weight is 197 g/mol. The van der Waals surface area contributed by atoms with Gasteiger partial charge in [-0.25, -0.2) is 0 Å². The van der Waals surface area contributed by atoms with Crippen LogP contribution in [0.2, 0.25) is 0 Å². The van der Waals surface area contributed by atoms with E-state index < -0.39 is 0 Å². The van der Waals surface area contributed by atoms with Gasteiger partial charge >= 0.3 is 0 Å². The molecule has 2 atom stereocenters. The molecule has 1 saturated carbocycles. The minimum atomic E-state index is 0.114. The fraction of sp³-hybridized carbons (Fsp3) is 0.909. The van der Waals surface area contributed by atoms with Crippen LogP contribution in [0.25, 0.3) is 0 Å². The van der Waals surface area contributed by atoms with Gasteiger partial charge < -0.3 is 10.1 Å². The fourth-order valence-corrected chi connectivity index (χ4v) is 2.63. The standard InChI is InChI=1S/C11H19NO2/c1-12-10-7-14-6-9(10)11(13)8-4-2-3-5-8/h8-10,12H,2-7H2,1H3. The summed E-state index contributed by atoms with van der Waals surface area (Å²) in [4.78, 5) is 12.1. The SMILES string of the molecule is CNC1COCC1C(=O)C1CCCC1. The van der Waals surface area contributed by atoms with E-state index in [1.165, 1.54) is 12.8 Å². The predicted molar refractivity (Wildman–Crippen MR) is 54.1 cm³/mol. The maximum atomic E-state index is 12.1. The lowest BCUT2D eigenvalue weighted by atomic mass is 9.88. The first kappa shape index (κ1) is 10.1.